The Balaban J connectivity index is 2.10. The molecular formula is C17H19F2NO. The second-order valence-electron chi connectivity index (χ2n) is 5.01. The summed E-state index contributed by atoms with van der Waals surface area (Å²) in [6.45, 7) is 2.68. The molecule has 0 fully saturated rings. The van der Waals surface area contributed by atoms with Crippen LogP contribution < -0.4 is 10.5 Å². The van der Waals surface area contributed by atoms with Crippen molar-refractivity contribution in [1.82, 2.24) is 0 Å². The quantitative estimate of drug-likeness (QED) is 0.873. The number of hydrogen-bond acceptors (Lipinski definition) is 2. The van der Waals surface area contributed by atoms with Crippen LogP contribution in [0.15, 0.2) is 42.5 Å². The summed E-state index contributed by atoms with van der Waals surface area (Å²) in [5, 5.41) is 0. The van der Waals surface area contributed by atoms with Crippen molar-refractivity contribution in [3.63, 3.8) is 0 Å². The smallest absolute Gasteiger partial charge is 0.126 e. The summed E-state index contributed by atoms with van der Waals surface area (Å²) in [6, 6.07) is 10.6. The summed E-state index contributed by atoms with van der Waals surface area (Å²) >= 11 is 0. The highest BCUT2D eigenvalue weighted by Crippen LogP contribution is 2.22. The van der Waals surface area contributed by atoms with E-state index in [9.17, 15) is 8.78 Å². The molecule has 112 valence electrons. The average Bonchev–Trinajstić information content (AvgIpc) is 2.44. The topological polar surface area (TPSA) is 35.2 Å². The number of hydrogen-bond donors (Lipinski definition) is 1. The average molecular weight is 291 g/mol. The Morgan fingerprint density at radius 2 is 1.81 bits per heavy atom. The fourth-order valence-corrected chi connectivity index (χ4v) is 2.16. The zero-order valence-corrected chi connectivity index (χ0v) is 12.0. The molecule has 0 heterocycles. The van der Waals surface area contributed by atoms with Crippen LogP contribution in [0.1, 0.15) is 30.5 Å². The van der Waals surface area contributed by atoms with E-state index in [4.69, 9.17) is 10.5 Å². The van der Waals surface area contributed by atoms with E-state index in [-0.39, 0.29) is 6.04 Å². The molecule has 0 radical (unpaired) electrons. The Hall–Kier alpha value is -1.94. The minimum atomic E-state index is -0.586. The monoisotopic (exact) mass is 291 g/mol. The second-order valence-corrected chi connectivity index (χ2v) is 5.01. The number of rotatable bonds is 6. The van der Waals surface area contributed by atoms with Crippen LogP contribution in [0.2, 0.25) is 0 Å². The zero-order valence-electron chi connectivity index (χ0n) is 12.0. The predicted molar refractivity (Wildman–Crippen MR) is 79.2 cm³/mol. The minimum Gasteiger partial charge on any atom is -0.494 e. The Morgan fingerprint density at radius 1 is 1.10 bits per heavy atom. The molecule has 0 amide bonds. The lowest BCUT2D eigenvalue weighted by Gasteiger charge is -2.14. The lowest BCUT2D eigenvalue weighted by atomic mass is 9.99. The van der Waals surface area contributed by atoms with E-state index in [1.165, 1.54) is 12.1 Å². The molecule has 2 N–H and O–H groups in total. The van der Waals surface area contributed by atoms with Gasteiger partial charge in [0, 0.05) is 12.1 Å². The molecule has 21 heavy (non-hydrogen) atoms. The molecule has 0 aliphatic rings. The maximum atomic E-state index is 13.2. The van der Waals surface area contributed by atoms with Gasteiger partial charge >= 0.3 is 0 Å². The van der Waals surface area contributed by atoms with Gasteiger partial charge in [0.25, 0.3) is 0 Å². The highest BCUT2D eigenvalue weighted by Gasteiger charge is 2.10. The Labute approximate surface area is 123 Å². The van der Waals surface area contributed by atoms with E-state index in [0.29, 0.717) is 18.6 Å². The van der Waals surface area contributed by atoms with Gasteiger partial charge in [-0.2, -0.15) is 0 Å². The first kappa shape index (κ1) is 15.4. The number of nitrogens with two attached hydrogens (primary N) is 1. The first-order valence-electron chi connectivity index (χ1n) is 7.02. The molecule has 2 rings (SSSR count). The normalized spacial score (nSPS) is 12.2. The van der Waals surface area contributed by atoms with Gasteiger partial charge in [0.05, 0.1) is 6.61 Å². The largest absolute Gasteiger partial charge is 0.494 e. The van der Waals surface area contributed by atoms with Crippen LogP contribution in [-0.4, -0.2) is 6.61 Å². The lowest BCUT2D eigenvalue weighted by Crippen LogP contribution is -2.13. The molecule has 0 bridgehead atoms. The standard InChI is InChI=1S/C17H19F2NO/c1-2-6-21-16-5-3-4-13(10-16)17(20)9-12-7-14(18)11-15(19)8-12/h3-5,7-8,10-11,17H,2,6,9,20H2,1H3. The van der Waals surface area contributed by atoms with Crippen molar-refractivity contribution in [3.05, 3.63) is 65.2 Å². The van der Waals surface area contributed by atoms with Crippen LogP contribution in [0.3, 0.4) is 0 Å². The van der Waals surface area contributed by atoms with E-state index >= 15 is 0 Å². The summed E-state index contributed by atoms with van der Waals surface area (Å²) in [6.07, 6.45) is 1.30. The van der Waals surface area contributed by atoms with Crippen molar-refractivity contribution in [2.75, 3.05) is 6.61 Å². The Kier molecular flexibility index (Phi) is 5.28. The summed E-state index contributed by atoms with van der Waals surface area (Å²) in [5.74, 6) is -0.412. The van der Waals surface area contributed by atoms with E-state index in [1.54, 1.807) is 0 Å². The van der Waals surface area contributed by atoms with Gasteiger partial charge in [-0.3, -0.25) is 0 Å². The molecular weight excluding hydrogens is 272 g/mol. The summed E-state index contributed by atoms with van der Waals surface area (Å²) in [7, 11) is 0. The third-order valence-corrected chi connectivity index (χ3v) is 3.14. The highest BCUT2D eigenvalue weighted by molar-refractivity contribution is 5.32. The van der Waals surface area contributed by atoms with Gasteiger partial charge in [0.1, 0.15) is 17.4 Å². The fourth-order valence-electron chi connectivity index (χ4n) is 2.16. The van der Waals surface area contributed by atoms with Crippen LogP contribution >= 0.6 is 0 Å². The highest BCUT2D eigenvalue weighted by atomic mass is 19.1. The number of halogens is 2. The van der Waals surface area contributed by atoms with Crippen LogP contribution in [0.5, 0.6) is 5.75 Å². The fraction of sp³-hybridized carbons (Fsp3) is 0.294. The van der Waals surface area contributed by atoms with E-state index in [2.05, 4.69) is 0 Å². The van der Waals surface area contributed by atoms with Crippen molar-refractivity contribution in [2.24, 2.45) is 5.73 Å². The number of ether oxygens (including phenoxy) is 1. The van der Waals surface area contributed by atoms with Crippen LogP contribution in [0.4, 0.5) is 8.78 Å². The van der Waals surface area contributed by atoms with Crippen LogP contribution in [0, 0.1) is 11.6 Å². The molecule has 1 atom stereocenters. The van der Waals surface area contributed by atoms with Gasteiger partial charge in [0.15, 0.2) is 0 Å². The molecule has 0 aromatic heterocycles. The molecule has 2 nitrogen and oxygen atoms in total. The van der Waals surface area contributed by atoms with E-state index in [1.807, 2.05) is 31.2 Å². The van der Waals surface area contributed by atoms with Gasteiger partial charge in [-0.15, -0.1) is 0 Å². The third-order valence-electron chi connectivity index (χ3n) is 3.14. The summed E-state index contributed by atoms with van der Waals surface area (Å²) < 4.78 is 31.9. The summed E-state index contributed by atoms with van der Waals surface area (Å²) in [4.78, 5) is 0. The molecule has 0 aliphatic carbocycles. The maximum Gasteiger partial charge on any atom is 0.126 e. The molecule has 0 spiro atoms. The molecule has 0 saturated carbocycles. The Bertz CT molecular complexity index is 581. The van der Waals surface area contributed by atoms with Crippen molar-refractivity contribution in [2.45, 2.75) is 25.8 Å². The van der Waals surface area contributed by atoms with Crippen molar-refractivity contribution < 1.29 is 13.5 Å². The molecule has 2 aromatic carbocycles. The van der Waals surface area contributed by atoms with Gasteiger partial charge in [-0.25, -0.2) is 8.78 Å². The van der Waals surface area contributed by atoms with E-state index in [0.717, 1.165) is 23.8 Å². The minimum absolute atomic E-state index is 0.337. The van der Waals surface area contributed by atoms with Gasteiger partial charge in [0.2, 0.25) is 0 Å². The maximum absolute atomic E-state index is 13.2. The first-order valence-corrected chi connectivity index (χ1v) is 7.02. The second kappa shape index (κ2) is 7.18. The third kappa shape index (κ3) is 4.53. The summed E-state index contributed by atoms with van der Waals surface area (Å²) in [5.41, 5.74) is 7.55. The molecule has 4 heteroatoms. The van der Waals surface area contributed by atoms with Gasteiger partial charge < -0.3 is 10.5 Å². The SMILES string of the molecule is CCCOc1cccc(C(N)Cc2cc(F)cc(F)c2)c1. The van der Waals surface area contributed by atoms with Crippen molar-refractivity contribution in [1.29, 1.82) is 0 Å². The molecule has 0 aliphatic heterocycles. The molecule has 0 saturated heterocycles. The Morgan fingerprint density at radius 3 is 2.48 bits per heavy atom. The predicted octanol–water partition coefficient (Wildman–Crippen LogP) is 4.00. The van der Waals surface area contributed by atoms with Gasteiger partial charge in [-0.1, -0.05) is 19.1 Å². The van der Waals surface area contributed by atoms with Crippen LogP contribution in [0.25, 0.3) is 0 Å². The first-order chi connectivity index (χ1) is 10.1. The van der Waals surface area contributed by atoms with Crippen molar-refractivity contribution >= 4 is 0 Å². The van der Waals surface area contributed by atoms with Gasteiger partial charge in [-0.05, 0) is 48.2 Å². The van der Waals surface area contributed by atoms with E-state index < -0.39 is 11.6 Å². The molecule has 1 unspecified atom stereocenters. The lowest BCUT2D eigenvalue weighted by molar-refractivity contribution is 0.317. The molecule has 2 aromatic rings. The van der Waals surface area contributed by atoms with Crippen LogP contribution in [-0.2, 0) is 6.42 Å². The zero-order chi connectivity index (χ0) is 15.2. The number of benzene rings is 2. The van der Waals surface area contributed by atoms with Crippen molar-refractivity contribution in [3.8, 4) is 5.75 Å².